The minimum atomic E-state index is -0.157. The van der Waals surface area contributed by atoms with Gasteiger partial charge in [-0.1, -0.05) is 24.6 Å². The van der Waals surface area contributed by atoms with Crippen molar-refractivity contribution in [3.05, 3.63) is 46.0 Å². The predicted octanol–water partition coefficient (Wildman–Crippen LogP) is 3.99. The summed E-state index contributed by atoms with van der Waals surface area (Å²) >= 11 is 1.50. The van der Waals surface area contributed by atoms with Gasteiger partial charge in [0.1, 0.15) is 0 Å². The van der Waals surface area contributed by atoms with E-state index in [1.807, 2.05) is 36.1 Å². The minimum absolute atomic E-state index is 0.147. The largest absolute Gasteiger partial charge is 0.342 e. The van der Waals surface area contributed by atoms with Crippen LogP contribution in [0.1, 0.15) is 58.6 Å². The number of thiazole rings is 1. The van der Waals surface area contributed by atoms with E-state index in [1.54, 1.807) is 0 Å². The Hall–Kier alpha value is -2.21. The first-order valence-electron chi connectivity index (χ1n) is 9.67. The molecule has 1 aliphatic carbocycles. The van der Waals surface area contributed by atoms with E-state index in [-0.39, 0.29) is 17.7 Å². The maximum absolute atomic E-state index is 13.0. The van der Waals surface area contributed by atoms with Gasteiger partial charge in [-0.3, -0.25) is 14.9 Å². The first-order chi connectivity index (χ1) is 13.0. The smallest absolute Gasteiger partial charge is 0.257 e. The molecule has 27 heavy (non-hydrogen) atoms. The summed E-state index contributed by atoms with van der Waals surface area (Å²) < 4.78 is 0. The van der Waals surface area contributed by atoms with E-state index in [0.29, 0.717) is 16.6 Å². The van der Waals surface area contributed by atoms with E-state index < -0.39 is 0 Å². The van der Waals surface area contributed by atoms with Crippen LogP contribution in [-0.2, 0) is 11.2 Å². The topological polar surface area (TPSA) is 62.3 Å². The Kier molecular flexibility index (Phi) is 5.00. The van der Waals surface area contributed by atoms with Gasteiger partial charge in [-0.05, 0) is 50.7 Å². The number of likely N-dealkylation sites (tertiary alicyclic amines) is 1. The molecule has 2 unspecified atom stereocenters. The van der Waals surface area contributed by atoms with Crippen LogP contribution in [0.25, 0.3) is 0 Å². The molecule has 1 N–H and O–H groups in total. The molecule has 0 spiro atoms. The molecule has 2 aromatic rings. The lowest BCUT2D eigenvalue weighted by atomic mass is 9.97. The summed E-state index contributed by atoms with van der Waals surface area (Å²) in [6.07, 6.45) is 3.99. The first-order valence-corrected chi connectivity index (χ1v) is 10.5. The molecular weight excluding hydrogens is 358 g/mol. The van der Waals surface area contributed by atoms with Crippen molar-refractivity contribution in [2.24, 2.45) is 5.92 Å². The van der Waals surface area contributed by atoms with Crippen LogP contribution in [-0.4, -0.2) is 34.8 Å². The third-order valence-electron chi connectivity index (χ3n) is 5.52. The number of fused-ring (bicyclic) bond motifs is 1. The number of rotatable bonds is 3. The number of nitrogens with one attached hydrogen (secondary N) is 1. The molecule has 142 valence electrons. The number of benzene rings is 1. The molecule has 5 nitrogen and oxygen atoms in total. The van der Waals surface area contributed by atoms with Crippen molar-refractivity contribution in [2.75, 3.05) is 18.4 Å². The Morgan fingerprint density at radius 1 is 1.22 bits per heavy atom. The molecule has 1 saturated heterocycles. The zero-order chi connectivity index (χ0) is 19.0. The summed E-state index contributed by atoms with van der Waals surface area (Å²) in [5.41, 5.74) is 2.61. The second-order valence-corrected chi connectivity index (χ2v) is 8.85. The Balaban J connectivity index is 1.47. The Morgan fingerprint density at radius 3 is 2.74 bits per heavy atom. The van der Waals surface area contributed by atoms with E-state index in [2.05, 4.69) is 17.2 Å². The van der Waals surface area contributed by atoms with Gasteiger partial charge in [0.05, 0.1) is 11.6 Å². The predicted molar refractivity (Wildman–Crippen MR) is 107 cm³/mol. The lowest BCUT2D eigenvalue weighted by Crippen LogP contribution is -2.41. The minimum Gasteiger partial charge on any atom is -0.342 e. The average molecular weight is 384 g/mol. The van der Waals surface area contributed by atoms with E-state index >= 15 is 0 Å². The van der Waals surface area contributed by atoms with Gasteiger partial charge in [0.25, 0.3) is 5.91 Å². The van der Waals surface area contributed by atoms with E-state index in [1.165, 1.54) is 17.8 Å². The second-order valence-electron chi connectivity index (χ2n) is 7.77. The van der Waals surface area contributed by atoms with Gasteiger partial charge >= 0.3 is 0 Å². The fourth-order valence-corrected chi connectivity index (χ4v) is 5.04. The van der Waals surface area contributed by atoms with Crippen molar-refractivity contribution >= 4 is 28.3 Å². The van der Waals surface area contributed by atoms with Crippen LogP contribution in [0.15, 0.2) is 24.3 Å². The fraction of sp³-hybridized carbons (Fsp3) is 0.476. The lowest BCUT2D eigenvalue weighted by molar-refractivity contribution is -0.134. The number of nitrogens with zero attached hydrogens (tertiary/aromatic N) is 2. The Morgan fingerprint density at radius 2 is 2.00 bits per heavy atom. The quantitative estimate of drug-likeness (QED) is 0.872. The van der Waals surface area contributed by atoms with Crippen molar-refractivity contribution in [1.82, 2.24) is 9.88 Å². The number of carbonyl (C=O) groups is 2. The summed E-state index contributed by atoms with van der Waals surface area (Å²) in [7, 11) is 0. The number of aryl methyl sites for hydroxylation is 2. The van der Waals surface area contributed by atoms with Crippen molar-refractivity contribution in [1.29, 1.82) is 0 Å². The van der Waals surface area contributed by atoms with Gasteiger partial charge in [0.2, 0.25) is 5.91 Å². The Labute approximate surface area is 163 Å². The van der Waals surface area contributed by atoms with Gasteiger partial charge in [-0.15, -0.1) is 11.3 Å². The molecule has 1 fully saturated rings. The molecule has 2 atom stereocenters. The number of amides is 2. The molecule has 0 bridgehead atoms. The van der Waals surface area contributed by atoms with Gasteiger partial charge in [-0.25, -0.2) is 4.98 Å². The summed E-state index contributed by atoms with van der Waals surface area (Å²) in [5, 5.41) is 3.49. The monoisotopic (exact) mass is 383 g/mol. The number of carbonyl (C=O) groups excluding carboxylic acids is 2. The standard InChI is InChI=1S/C21H25N3O2S/c1-13-5-7-15(8-6-13)19(25)23-21-22-18-16(9-10-17(18)27-21)20(26)24-11-3-4-14(2)12-24/h5-8,14,16H,3-4,9-12H2,1-2H3,(H,22,23,25). The van der Waals surface area contributed by atoms with Crippen LogP contribution >= 0.6 is 11.3 Å². The van der Waals surface area contributed by atoms with Crippen molar-refractivity contribution in [2.45, 2.75) is 45.4 Å². The third-order valence-corrected chi connectivity index (χ3v) is 6.57. The number of anilines is 1. The van der Waals surface area contributed by atoms with Gasteiger partial charge in [0, 0.05) is 23.5 Å². The van der Waals surface area contributed by atoms with Gasteiger partial charge in [0.15, 0.2) is 5.13 Å². The van der Waals surface area contributed by atoms with Crippen molar-refractivity contribution in [3.63, 3.8) is 0 Å². The maximum Gasteiger partial charge on any atom is 0.257 e. The molecular formula is C21H25N3O2S. The van der Waals surface area contributed by atoms with Crippen LogP contribution in [0.4, 0.5) is 5.13 Å². The first kappa shape index (κ1) is 18.2. The molecule has 2 heterocycles. The molecule has 1 aliphatic heterocycles. The van der Waals surface area contributed by atoms with Crippen molar-refractivity contribution < 1.29 is 9.59 Å². The van der Waals surface area contributed by atoms with Crippen molar-refractivity contribution in [3.8, 4) is 0 Å². The summed E-state index contributed by atoms with van der Waals surface area (Å²) in [4.78, 5) is 33.2. The number of hydrogen-bond donors (Lipinski definition) is 1. The number of hydrogen-bond acceptors (Lipinski definition) is 4. The molecule has 0 saturated carbocycles. The molecule has 6 heteroatoms. The second kappa shape index (κ2) is 7.43. The molecule has 1 aromatic carbocycles. The van der Waals surface area contributed by atoms with Gasteiger partial charge < -0.3 is 4.90 Å². The van der Waals surface area contributed by atoms with E-state index in [4.69, 9.17) is 0 Å². The molecule has 4 rings (SSSR count). The average Bonchev–Trinajstić information content (AvgIpc) is 3.21. The Bertz CT molecular complexity index is 859. The molecule has 2 aliphatic rings. The van der Waals surface area contributed by atoms with Crippen LogP contribution in [0.2, 0.25) is 0 Å². The van der Waals surface area contributed by atoms with E-state index in [0.717, 1.165) is 48.5 Å². The van der Waals surface area contributed by atoms with Crippen LogP contribution in [0, 0.1) is 12.8 Å². The highest BCUT2D eigenvalue weighted by molar-refractivity contribution is 7.16. The fourth-order valence-electron chi connectivity index (χ4n) is 4.01. The molecule has 1 aromatic heterocycles. The summed E-state index contributed by atoms with van der Waals surface area (Å²) in [5.74, 6) is 0.479. The van der Waals surface area contributed by atoms with Crippen LogP contribution in [0.5, 0.6) is 0 Å². The lowest BCUT2D eigenvalue weighted by Gasteiger charge is -2.32. The summed E-state index contributed by atoms with van der Waals surface area (Å²) in [6, 6.07) is 7.47. The zero-order valence-electron chi connectivity index (χ0n) is 15.8. The number of piperidine rings is 1. The highest BCUT2D eigenvalue weighted by Crippen LogP contribution is 2.39. The van der Waals surface area contributed by atoms with Crippen LogP contribution in [0.3, 0.4) is 0 Å². The van der Waals surface area contributed by atoms with E-state index in [9.17, 15) is 9.59 Å². The summed E-state index contributed by atoms with van der Waals surface area (Å²) in [6.45, 7) is 5.91. The van der Waals surface area contributed by atoms with Gasteiger partial charge in [-0.2, -0.15) is 0 Å². The normalized spacial score (nSPS) is 21.8. The number of aromatic nitrogens is 1. The maximum atomic E-state index is 13.0. The molecule has 2 amide bonds. The highest BCUT2D eigenvalue weighted by atomic mass is 32.1. The van der Waals surface area contributed by atoms with Crippen LogP contribution < -0.4 is 5.32 Å². The third kappa shape index (κ3) is 3.76. The zero-order valence-corrected chi connectivity index (χ0v) is 16.6. The SMILES string of the molecule is Cc1ccc(C(=O)Nc2nc3c(s2)CCC3C(=O)N2CCCC(C)C2)cc1. The highest BCUT2D eigenvalue weighted by Gasteiger charge is 2.36. The molecule has 0 radical (unpaired) electrons.